The molecule has 20 heavy (non-hydrogen) atoms. The molecule has 1 aromatic carbocycles. The quantitative estimate of drug-likeness (QED) is 0.668. The van der Waals surface area contributed by atoms with Crippen molar-refractivity contribution in [1.82, 2.24) is 14.8 Å². The van der Waals surface area contributed by atoms with E-state index >= 15 is 0 Å². The third-order valence-electron chi connectivity index (χ3n) is 4.20. The van der Waals surface area contributed by atoms with Gasteiger partial charge in [0, 0.05) is 12.1 Å². The number of rotatable bonds is 3. The number of nitrogens with zero attached hydrogens (tertiary/aromatic N) is 2. The van der Waals surface area contributed by atoms with Gasteiger partial charge in [-0.1, -0.05) is 56.7 Å². The molecule has 1 aliphatic rings. The van der Waals surface area contributed by atoms with Crippen LogP contribution in [0, 0.1) is 10.7 Å². The van der Waals surface area contributed by atoms with E-state index in [1.54, 1.807) is 0 Å². The minimum atomic E-state index is 0.694. The second-order valence-electron chi connectivity index (χ2n) is 5.68. The number of hydrogen-bond acceptors (Lipinski definition) is 2. The molecule has 3 rings (SSSR count). The molecule has 2 aromatic rings. The van der Waals surface area contributed by atoms with Crippen molar-refractivity contribution in [3.63, 3.8) is 0 Å². The standard InChI is InChI=1S/C16H21N3S/c20-16-18-17-15(12-13-8-4-1-2-5-9-13)19(16)14-10-6-3-7-11-14/h3,6-7,10-11,13H,1-2,4-5,8-9,12H2,(H,18,20). The molecule has 1 fully saturated rings. The number of para-hydroxylation sites is 1. The molecule has 4 heteroatoms. The highest BCUT2D eigenvalue weighted by atomic mass is 32.1. The highest BCUT2D eigenvalue weighted by molar-refractivity contribution is 7.71. The summed E-state index contributed by atoms with van der Waals surface area (Å²) in [5.74, 6) is 1.83. The third-order valence-corrected chi connectivity index (χ3v) is 4.48. The van der Waals surface area contributed by atoms with Crippen LogP contribution in [0.25, 0.3) is 5.69 Å². The van der Waals surface area contributed by atoms with E-state index in [-0.39, 0.29) is 0 Å². The van der Waals surface area contributed by atoms with Crippen LogP contribution in [-0.2, 0) is 6.42 Å². The van der Waals surface area contributed by atoms with E-state index < -0.39 is 0 Å². The molecule has 1 saturated carbocycles. The van der Waals surface area contributed by atoms with Gasteiger partial charge in [-0.15, -0.1) is 0 Å². The van der Waals surface area contributed by atoms with Gasteiger partial charge in [0.2, 0.25) is 0 Å². The maximum absolute atomic E-state index is 5.39. The summed E-state index contributed by atoms with van der Waals surface area (Å²) < 4.78 is 2.78. The Labute approximate surface area is 125 Å². The van der Waals surface area contributed by atoms with Crippen molar-refractivity contribution >= 4 is 12.2 Å². The minimum absolute atomic E-state index is 0.694. The highest BCUT2D eigenvalue weighted by Gasteiger charge is 2.17. The Morgan fingerprint density at radius 1 is 1.10 bits per heavy atom. The van der Waals surface area contributed by atoms with Gasteiger partial charge in [0.15, 0.2) is 4.77 Å². The summed E-state index contributed by atoms with van der Waals surface area (Å²) in [6.45, 7) is 0. The van der Waals surface area contributed by atoms with Crippen molar-refractivity contribution in [1.29, 1.82) is 0 Å². The zero-order valence-electron chi connectivity index (χ0n) is 11.7. The van der Waals surface area contributed by atoms with E-state index in [0.717, 1.165) is 23.9 Å². The first-order valence-electron chi connectivity index (χ1n) is 7.56. The van der Waals surface area contributed by atoms with E-state index in [2.05, 4.69) is 26.9 Å². The molecule has 0 atom stereocenters. The van der Waals surface area contributed by atoms with Crippen LogP contribution in [0.4, 0.5) is 0 Å². The van der Waals surface area contributed by atoms with E-state index in [9.17, 15) is 0 Å². The normalized spacial score (nSPS) is 17.0. The number of hydrogen-bond donors (Lipinski definition) is 1. The van der Waals surface area contributed by atoms with Crippen LogP contribution in [0.3, 0.4) is 0 Å². The highest BCUT2D eigenvalue weighted by Crippen LogP contribution is 2.26. The van der Waals surface area contributed by atoms with Crippen molar-refractivity contribution < 1.29 is 0 Å². The average molecular weight is 287 g/mol. The lowest BCUT2D eigenvalue weighted by molar-refractivity contribution is 0.445. The molecule has 0 bridgehead atoms. The fraction of sp³-hybridized carbons (Fsp3) is 0.500. The van der Waals surface area contributed by atoms with Crippen LogP contribution in [0.2, 0.25) is 0 Å². The zero-order chi connectivity index (χ0) is 13.8. The Hall–Kier alpha value is -1.42. The fourth-order valence-corrected chi connectivity index (χ4v) is 3.39. The first kappa shape index (κ1) is 13.6. The lowest BCUT2D eigenvalue weighted by Gasteiger charge is -2.14. The smallest absolute Gasteiger partial charge is 0.199 e. The van der Waals surface area contributed by atoms with E-state index in [4.69, 9.17) is 12.2 Å². The monoisotopic (exact) mass is 287 g/mol. The Morgan fingerprint density at radius 3 is 2.50 bits per heavy atom. The molecule has 1 aliphatic carbocycles. The molecule has 0 spiro atoms. The van der Waals surface area contributed by atoms with Gasteiger partial charge in [-0.05, 0) is 30.3 Å². The summed E-state index contributed by atoms with van der Waals surface area (Å²) in [4.78, 5) is 0. The Kier molecular flexibility index (Phi) is 4.31. The molecular weight excluding hydrogens is 266 g/mol. The van der Waals surface area contributed by atoms with Gasteiger partial charge in [-0.25, -0.2) is 0 Å². The lowest BCUT2D eigenvalue weighted by Crippen LogP contribution is -2.09. The van der Waals surface area contributed by atoms with E-state index in [0.29, 0.717) is 4.77 Å². The Balaban J connectivity index is 1.85. The molecule has 106 valence electrons. The lowest BCUT2D eigenvalue weighted by atomic mass is 9.96. The molecule has 1 heterocycles. The van der Waals surface area contributed by atoms with Crippen LogP contribution in [0.1, 0.15) is 44.3 Å². The first-order chi connectivity index (χ1) is 9.84. The van der Waals surface area contributed by atoms with Gasteiger partial charge < -0.3 is 0 Å². The second-order valence-corrected chi connectivity index (χ2v) is 6.06. The summed E-state index contributed by atoms with van der Waals surface area (Å²) in [6.07, 6.45) is 9.19. The molecule has 3 nitrogen and oxygen atoms in total. The largest absolute Gasteiger partial charge is 0.272 e. The summed E-state index contributed by atoms with van der Waals surface area (Å²) in [6, 6.07) is 10.3. The van der Waals surface area contributed by atoms with Crippen molar-refractivity contribution in [3.05, 3.63) is 40.9 Å². The zero-order valence-corrected chi connectivity index (χ0v) is 12.5. The SMILES string of the molecule is S=c1[nH]nc(CC2CCCCCC2)n1-c1ccccc1. The molecule has 1 N–H and O–H groups in total. The van der Waals surface area contributed by atoms with Crippen molar-refractivity contribution in [2.45, 2.75) is 44.9 Å². The molecule has 0 amide bonds. The number of H-pyrrole nitrogens is 1. The van der Waals surface area contributed by atoms with Gasteiger partial charge in [0.05, 0.1) is 0 Å². The maximum atomic E-state index is 5.39. The van der Waals surface area contributed by atoms with Gasteiger partial charge in [0.25, 0.3) is 0 Å². The van der Waals surface area contributed by atoms with Crippen molar-refractivity contribution in [2.75, 3.05) is 0 Å². The summed E-state index contributed by atoms with van der Waals surface area (Å²) in [7, 11) is 0. The number of aromatic amines is 1. The first-order valence-corrected chi connectivity index (χ1v) is 7.97. The second kappa shape index (κ2) is 6.35. The average Bonchev–Trinajstić information content (AvgIpc) is 2.67. The molecule has 0 saturated heterocycles. The summed E-state index contributed by atoms with van der Waals surface area (Å²) in [5.41, 5.74) is 1.11. The van der Waals surface area contributed by atoms with Crippen molar-refractivity contribution in [3.8, 4) is 5.69 Å². The van der Waals surface area contributed by atoms with Gasteiger partial charge in [0.1, 0.15) is 5.82 Å². The Morgan fingerprint density at radius 2 is 1.80 bits per heavy atom. The predicted octanol–water partition coefficient (Wildman–Crippen LogP) is 4.44. The number of nitrogens with one attached hydrogen (secondary N) is 1. The number of aromatic nitrogens is 3. The summed E-state index contributed by atoms with van der Waals surface area (Å²) in [5, 5.41) is 7.42. The molecular formula is C16H21N3S. The number of benzene rings is 1. The van der Waals surface area contributed by atoms with Crippen LogP contribution in [0.5, 0.6) is 0 Å². The van der Waals surface area contributed by atoms with Crippen molar-refractivity contribution in [2.24, 2.45) is 5.92 Å². The van der Waals surface area contributed by atoms with Gasteiger partial charge >= 0.3 is 0 Å². The third kappa shape index (κ3) is 3.01. The van der Waals surface area contributed by atoms with Crippen LogP contribution >= 0.6 is 12.2 Å². The van der Waals surface area contributed by atoms with Crippen LogP contribution in [0.15, 0.2) is 30.3 Å². The predicted molar refractivity (Wildman–Crippen MR) is 83.6 cm³/mol. The summed E-state index contributed by atoms with van der Waals surface area (Å²) >= 11 is 5.39. The van der Waals surface area contributed by atoms with Gasteiger partial charge in [-0.2, -0.15) is 5.10 Å². The van der Waals surface area contributed by atoms with E-state index in [1.807, 2.05) is 18.2 Å². The van der Waals surface area contributed by atoms with Gasteiger partial charge in [-0.3, -0.25) is 9.67 Å². The minimum Gasteiger partial charge on any atom is -0.272 e. The molecule has 0 radical (unpaired) electrons. The topological polar surface area (TPSA) is 33.6 Å². The van der Waals surface area contributed by atoms with Crippen LogP contribution in [-0.4, -0.2) is 14.8 Å². The maximum Gasteiger partial charge on any atom is 0.199 e. The molecule has 0 unspecified atom stereocenters. The molecule has 1 aromatic heterocycles. The Bertz CT molecular complexity index is 592. The van der Waals surface area contributed by atoms with E-state index in [1.165, 1.54) is 38.5 Å². The fourth-order valence-electron chi connectivity index (χ4n) is 3.14. The molecule has 0 aliphatic heterocycles. The van der Waals surface area contributed by atoms with Crippen LogP contribution < -0.4 is 0 Å².